The molecule has 1 amide bonds. The van der Waals surface area contributed by atoms with Crippen molar-refractivity contribution in [2.75, 3.05) is 13.2 Å². The standard InChI is InChI=1S/C19H20N2O5/c1-2-25-18-11-10-17(21(23)24)13-16(18)9-6-12-20-19(22)26-14-15-7-4-3-5-8-15/h3-11,13H,2,12,14H2,1H3,(H,20,22). The van der Waals surface area contributed by atoms with Gasteiger partial charge in [-0.15, -0.1) is 0 Å². The summed E-state index contributed by atoms with van der Waals surface area (Å²) in [5.41, 5.74) is 1.44. The van der Waals surface area contributed by atoms with E-state index in [1.807, 2.05) is 37.3 Å². The second-order valence-electron chi connectivity index (χ2n) is 5.26. The number of non-ortho nitro benzene ring substituents is 1. The van der Waals surface area contributed by atoms with Gasteiger partial charge >= 0.3 is 6.09 Å². The minimum absolute atomic E-state index is 0.0247. The fourth-order valence-electron chi connectivity index (χ4n) is 2.17. The summed E-state index contributed by atoms with van der Waals surface area (Å²) in [6, 6.07) is 13.7. The molecule has 2 aromatic carbocycles. The lowest BCUT2D eigenvalue weighted by molar-refractivity contribution is -0.384. The lowest BCUT2D eigenvalue weighted by atomic mass is 10.1. The maximum absolute atomic E-state index is 11.7. The quantitative estimate of drug-likeness (QED) is 0.571. The molecule has 0 atom stereocenters. The number of hydrogen-bond donors (Lipinski definition) is 1. The van der Waals surface area contributed by atoms with Crippen molar-refractivity contribution in [3.8, 4) is 5.75 Å². The van der Waals surface area contributed by atoms with Crippen LogP contribution in [0.15, 0.2) is 54.6 Å². The van der Waals surface area contributed by atoms with Gasteiger partial charge in [-0.3, -0.25) is 10.1 Å². The molecular weight excluding hydrogens is 336 g/mol. The molecule has 0 fully saturated rings. The average molecular weight is 356 g/mol. The SMILES string of the molecule is CCOc1ccc([N+](=O)[O-])cc1C=CCNC(=O)OCc1ccccc1. The Morgan fingerprint density at radius 3 is 2.69 bits per heavy atom. The smallest absolute Gasteiger partial charge is 0.407 e. The van der Waals surface area contributed by atoms with Crippen LogP contribution in [0.4, 0.5) is 10.5 Å². The highest BCUT2D eigenvalue weighted by molar-refractivity contribution is 5.68. The zero-order chi connectivity index (χ0) is 18.8. The fraction of sp³-hybridized carbons (Fsp3) is 0.211. The molecular formula is C19H20N2O5. The summed E-state index contributed by atoms with van der Waals surface area (Å²) in [5.74, 6) is 0.543. The summed E-state index contributed by atoms with van der Waals surface area (Å²) in [7, 11) is 0. The molecule has 0 aromatic heterocycles. The Balaban J connectivity index is 1.88. The first-order valence-corrected chi connectivity index (χ1v) is 8.12. The van der Waals surface area contributed by atoms with Gasteiger partial charge in [0.15, 0.2) is 0 Å². The molecule has 0 spiro atoms. The Morgan fingerprint density at radius 1 is 1.23 bits per heavy atom. The number of ether oxygens (including phenoxy) is 2. The van der Waals surface area contributed by atoms with E-state index in [1.54, 1.807) is 18.2 Å². The van der Waals surface area contributed by atoms with Gasteiger partial charge in [0, 0.05) is 24.2 Å². The Hall–Kier alpha value is -3.35. The van der Waals surface area contributed by atoms with Crippen LogP contribution in [-0.2, 0) is 11.3 Å². The maximum atomic E-state index is 11.7. The summed E-state index contributed by atoms with van der Waals surface area (Å²) >= 11 is 0. The third-order valence-electron chi connectivity index (χ3n) is 3.38. The number of amides is 1. The van der Waals surface area contributed by atoms with E-state index in [0.29, 0.717) is 17.9 Å². The number of benzene rings is 2. The summed E-state index contributed by atoms with van der Waals surface area (Å²) in [4.78, 5) is 22.1. The van der Waals surface area contributed by atoms with Crippen LogP contribution in [-0.4, -0.2) is 24.2 Å². The van der Waals surface area contributed by atoms with Gasteiger partial charge in [0.2, 0.25) is 0 Å². The van der Waals surface area contributed by atoms with E-state index in [9.17, 15) is 14.9 Å². The molecule has 0 radical (unpaired) electrons. The Bertz CT molecular complexity index is 775. The number of carbonyl (C=O) groups excluding carboxylic acids is 1. The molecule has 1 N–H and O–H groups in total. The molecule has 2 aromatic rings. The van der Waals surface area contributed by atoms with Gasteiger partial charge in [0.1, 0.15) is 12.4 Å². The fourth-order valence-corrected chi connectivity index (χ4v) is 2.17. The number of rotatable bonds is 8. The predicted molar refractivity (Wildman–Crippen MR) is 97.9 cm³/mol. The van der Waals surface area contributed by atoms with Crippen molar-refractivity contribution in [2.45, 2.75) is 13.5 Å². The van der Waals surface area contributed by atoms with Crippen LogP contribution in [0.5, 0.6) is 5.75 Å². The number of nitro benzene ring substituents is 1. The second-order valence-corrected chi connectivity index (χ2v) is 5.26. The third kappa shape index (κ3) is 5.94. The highest BCUT2D eigenvalue weighted by Gasteiger charge is 2.09. The van der Waals surface area contributed by atoms with Gasteiger partial charge in [0.25, 0.3) is 5.69 Å². The number of nitrogens with zero attached hydrogens (tertiary/aromatic N) is 1. The van der Waals surface area contributed by atoms with Crippen molar-refractivity contribution in [1.29, 1.82) is 0 Å². The lowest BCUT2D eigenvalue weighted by Crippen LogP contribution is -2.24. The monoisotopic (exact) mass is 356 g/mol. The van der Waals surface area contributed by atoms with E-state index in [1.165, 1.54) is 12.1 Å². The van der Waals surface area contributed by atoms with E-state index in [2.05, 4.69) is 5.32 Å². The summed E-state index contributed by atoms with van der Waals surface area (Å²) < 4.78 is 10.5. The highest BCUT2D eigenvalue weighted by Crippen LogP contribution is 2.25. The molecule has 0 heterocycles. The van der Waals surface area contributed by atoms with E-state index in [4.69, 9.17) is 9.47 Å². The molecule has 2 rings (SSSR count). The Kier molecular flexibility index (Phi) is 7.17. The third-order valence-corrected chi connectivity index (χ3v) is 3.38. The van der Waals surface area contributed by atoms with Gasteiger partial charge < -0.3 is 14.8 Å². The first-order valence-electron chi connectivity index (χ1n) is 8.12. The molecule has 7 nitrogen and oxygen atoms in total. The van der Waals surface area contributed by atoms with Crippen molar-refractivity contribution in [1.82, 2.24) is 5.32 Å². The van der Waals surface area contributed by atoms with E-state index in [0.717, 1.165) is 5.56 Å². The highest BCUT2D eigenvalue weighted by atomic mass is 16.6. The number of alkyl carbamates (subject to hydrolysis) is 1. The lowest BCUT2D eigenvalue weighted by Gasteiger charge is -2.07. The number of nitrogens with one attached hydrogen (secondary N) is 1. The van der Waals surface area contributed by atoms with Gasteiger partial charge in [-0.05, 0) is 18.6 Å². The van der Waals surface area contributed by atoms with Gasteiger partial charge in [-0.25, -0.2) is 4.79 Å². The normalized spacial score (nSPS) is 10.5. The van der Waals surface area contributed by atoms with Crippen LogP contribution in [0.25, 0.3) is 6.08 Å². The minimum atomic E-state index is -0.539. The van der Waals surface area contributed by atoms with Crippen molar-refractivity contribution >= 4 is 17.9 Å². The van der Waals surface area contributed by atoms with Crippen LogP contribution >= 0.6 is 0 Å². The zero-order valence-electron chi connectivity index (χ0n) is 14.4. The summed E-state index contributed by atoms with van der Waals surface area (Å²) in [5, 5.41) is 13.5. The van der Waals surface area contributed by atoms with E-state index >= 15 is 0 Å². The van der Waals surface area contributed by atoms with E-state index < -0.39 is 11.0 Å². The number of nitro groups is 1. The minimum Gasteiger partial charge on any atom is -0.493 e. The van der Waals surface area contributed by atoms with Crippen molar-refractivity contribution in [2.24, 2.45) is 0 Å². The zero-order valence-corrected chi connectivity index (χ0v) is 14.4. The predicted octanol–water partition coefficient (Wildman–Crippen LogP) is 3.93. The molecule has 0 unspecified atom stereocenters. The van der Waals surface area contributed by atoms with Crippen LogP contribution in [0.2, 0.25) is 0 Å². The van der Waals surface area contributed by atoms with Gasteiger partial charge in [-0.1, -0.05) is 42.5 Å². The molecule has 0 saturated carbocycles. The van der Waals surface area contributed by atoms with Crippen molar-refractivity contribution in [3.63, 3.8) is 0 Å². The first-order chi connectivity index (χ1) is 12.6. The van der Waals surface area contributed by atoms with Gasteiger partial charge in [0.05, 0.1) is 11.5 Å². The van der Waals surface area contributed by atoms with Crippen LogP contribution in [0.3, 0.4) is 0 Å². The van der Waals surface area contributed by atoms with Crippen molar-refractivity contribution in [3.05, 3.63) is 75.8 Å². The number of hydrogen-bond acceptors (Lipinski definition) is 5. The molecule has 7 heteroatoms. The van der Waals surface area contributed by atoms with Gasteiger partial charge in [-0.2, -0.15) is 0 Å². The molecule has 0 aliphatic heterocycles. The Morgan fingerprint density at radius 2 is 2.00 bits per heavy atom. The Labute approximate surface area is 151 Å². The van der Waals surface area contributed by atoms with E-state index in [-0.39, 0.29) is 18.8 Å². The number of carbonyl (C=O) groups is 1. The largest absolute Gasteiger partial charge is 0.493 e. The molecule has 136 valence electrons. The van der Waals surface area contributed by atoms with Crippen LogP contribution in [0.1, 0.15) is 18.1 Å². The molecule has 0 saturated heterocycles. The molecule has 0 bridgehead atoms. The average Bonchev–Trinajstić information content (AvgIpc) is 2.65. The topological polar surface area (TPSA) is 90.7 Å². The maximum Gasteiger partial charge on any atom is 0.407 e. The summed E-state index contributed by atoms with van der Waals surface area (Å²) in [6.07, 6.45) is 2.79. The van der Waals surface area contributed by atoms with Crippen molar-refractivity contribution < 1.29 is 19.2 Å². The first kappa shape index (κ1) is 19.0. The second kappa shape index (κ2) is 9.83. The summed E-state index contributed by atoms with van der Waals surface area (Å²) in [6.45, 7) is 2.69. The molecule has 26 heavy (non-hydrogen) atoms. The van der Waals surface area contributed by atoms with Crippen LogP contribution in [0, 0.1) is 10.1 Å². The molecule has 0 aliphatic carbocycles. The van der Waals surface area contributed by atoms with Crippen LogP contribution < -0.4 is 10.1 Å². The molecule has 0 aliphatic rings.